The third-order valence-electron chi connectivity index (χ3n) is 5.29. The molecule has 2 aromatic heterocycles. The number of fused-ring (bicyclic) bond motifs is 1. The van der Waals surface area contributed by atoms with Crippen molar-refractivity contribution in [2.24, 2.45) is 13.0 Å². The normalized spacial score (nSPS) is 18.9. The predicted molar refractivity (Wildman–Crippen MR) is 116 cm³/mol. The summed E-state index contributed by atoms with van der Waals surface area (Å²) < 4.78 is 19.4. The SMILES string of the molecule is CC(=O)N[C@@H](C)CO[C@H]1C[C@H](COc2ccc3nc(Oc4ccccc4)n(C)c3n2)C1. The smallest absolute Gasteiger partial charge is 0.303 e. The van der Waals surface area contributed by atoms with Crippen molar-refractivity contribution in [3.8, 4) is 17.6 Å². The number of pyridine rings is 1. The first kappa shape index (κ1) is 21.1. The largest absolute Gasteiger partial charge is 0.477 e. The van der Waals surface area contributed by atoms with Gasteiger partial charge in [-0.2, -0.15) is 9.97 Å². The van der Waals surface area contributed by atoms with E-state index < -0.39 is 0 Å². The lowest BCUT2D eigenvalue weighted by molar-refractivity contribution is -0.120. The molecule has 0 spiro atoms. The number of nitrogens with zero attached hydrogens (tertiary/aromatic N) is 3. The van der Waals surface area contributed by atoms with E-state index in [1.165, 1.54) is 6.92 Å². The molecule has 1 atom stereocenters. The Balaban J connectivity index is 1.27. The standard InChI is InChI=1S/C23H28N4O4/c1-15(24-16(2)28)13-29-19-11-17(12-19)14-30-21-10-9-20-22(26-21)27(3)23(25-20)31-18-7-5-4-6-8-18/h4-10,15,17,19H,11-14H2,1-3H3,(H,24,28)/t15-,17-,19-/m0/s1. The zero-order chi connectivity index (χ0) is 21.8. The number of para-hydroxylation sites is 1. The molecule has 4 rings (SSSR count). The molecule has 2 heterocycles. The molecular weight excluding hydrogens is 396 g/mol. The molecule has 0 saturated heterocycles. The Labute approximate surface area is 181 Å². The van der Waals surface area contributed by atoms with Crippen molar-refractivity contribution in [3.05, 3.63) is 42.5 Å². The molecule has 8 heteroatoms. The molecule has 1 saturated carbocycles. The lowest BCUT2D eigenvalue weighted by Gasteiger charge is -2.35. The Morgan fingerprint density at radius 3 is 2.71 bits per heavy atom. The molecule has 1 amide bonds. The van der Waals surface area contributed by atoms with Gasteiger partial charge in [0.1, 0.15) is 11.3 Å². The lowest BCUT2D eigenvalue weighted by atomic mass is 9.83. The molecule has 3 aromatic rings. The van der Waals surface area contributed by atoms with Crippen molar-refractivity contribution in [1.29, 1.82) is 0 Å². The van der Waals surface area contributed by atoms with Gasteiger partial charge in [0.2, 0.25) is 11.8 Å². The fourth-order valence-corrected chi connectivity index (χ4v) is 3.61. The highest BCUT2D eigenvalue weighted by atomic mass is 16.5. The van der Waals surface area contributed by atoms with Gasteiger partial charge in [0.05, 0.1) is 19.3 Å². The molecule has 1 aliphatic carbocycles. The number of amides is 1. The number of aryl methyl sites for hydroxylation is 1. The van der Waals surface area contributed by atoms with E-state index in [4.69, 9.17) is 14.2 Å². The predicted octanol–water partition coefficient (Wildman–Crippen LogP) is 3.46. The van der Waals surface area contributed by atoms with Crippen LogP contribution in [0.2, 0.25) is 0 Å². The van der Waals surface area contributed by atoms with E-state index in [2.05, 4.69) is 15.3 Å². The first-order chi connectivity index (χ1) is 15.0. The molecular formula is C23H28N4O4. The van der Waals surface area contributed by atoms with E-state index in [0.29, 0.717) is 36.7 Å². The molecule has 1 aliphatic rings. The summed E-state index contributed by atoms with van der Waals surface area (Å²) in [5, 5.41) is 2.83. The highest BCUT2D eigenvalue weighted by Gasteiger charge is 2.31. The number of hydrogen-bond donors (Lipinski definition) is 1. The van der Waals surface area contributed by atoms with Gasteiger partial charge in [-0.05, 0) is 43.9 Å². The molecule has 1 N–H and O–H groups in total. The highest BCUT2D eigenvalue weighted by molar-refractivity contribution is 5.73. The minimum Gasteiger partial charge on any atom is -0.477 e. The van der Waals surface area contributed by atoms with Crippen LogP contribution < -0.4 is 14.8 Å². The minimum absolute atomic E-state index is 0.0263. The van der Waals surface area contributed by atoms with Gasteiger partial charge >= 0.3 is 6.01 Å². The summed E-state index contributed by atoms with van der Waals surface area (Å²) in [6.07, 6.45) is 2.14. The summed E-state index contributed by atoms with van der Waals surface area (Å²) in [5.41, 5.74) is 1.47. The summed E-state index contributed by atoms with van der Waals surface area (Å²) in [7, 11) is 1.88. The summed E-state index contributed by atoms with van der Waals surface area (Å²) in [4.78, 5) is 20.2. The van der Waals surface area contributed by atoms with Crippen LogP contribution in [0, 0.1) is 5.92 Å². The average Bonchev–Trinajstić information content (AvgIpc) is 3.02. The quantitative estimate of drug-likeness (QED) is 0.566. The van der Waals surface area contributed by atoms with E-state index in [1.807, 2.05) is 61.0 Å². The first-order valence-corrected chi connectivity index (χ1v) is 10.6. The first-order valence-electron chi connectivity index (χ1n) is 10.6. The van der Waals surface area contributed by atoms with E-state index in [1.54, 1.807) is 0 Å². The van der Waals surface area contributed by atoms with E-state index in [-0.39, 0.29) is 18.1 Å². The summed E-state index contributed by atoms with van der Waals surface area (Å²) in [6, 6.07) is 13.8. The second kappa shape index (κ2) is 9.34. The Bertz CT molecular complexity index is 1030. The monoisotopic (exact) mass is 424 g/mol. The van der Waals surface area contributed by atoms with Crippen LogP contribution in [0.5, 0.6) is 17.6 Å². The van der Waals surface area contributed by atoms with Crippen molar-refractivity contribution in [1.82, 2.24) is 19.9 Å². The third kappa shape index (κ3) is 5.32. The fraction of sp³-hybridized carbons (Fsp3) is 0.435. The maximum Gasteiger partial charge on any atom is 0.303 e. The number of ether oxygens (including phenoxy) is 3. The number of nitrogens with one attached hydrogen (secondary N) is 1. The van der Waals surface area contributed by atoms with Crippen LogP contribution in [0.1, 0.15) is 26.7 Å². The van der Waals surface area contributed by atoms with Gasteiger partial charge in [0, 0.05) is 26.1 Å². The number of carbonyl (C=O) groups is 1. The Morgan fingerprint density at radius 1 is 1.19 bits per heavy atom. The number of carbonyl (C=O) groups excluding carboxylic acids is 1. The topological polar surface area (TPSA) is 87.5 Å². The molecule has 0 unspecified atom stereocenters. The average molecular weight is 425 g/mol. The van der Waals surface area contributed by atoms with Crippen LogP contribution >= 0.6 is 0 Å². The molecule has 0 radical (unpaired) electrons. The number of benzene rings is 1. The summed E-state index contributed by atoms with van der Waals surface area (Å²) >= 11 is 0. The zero-order valence-corrected chi connectivity index (χ0v) is 18.1. The lowest BCUT2D eigenvalue weighted by Crippen LogP contribution is -2.40. The maximum absolute atomic E-state index is 11.0. The van der Waals surface area contributed by atoms with Crippen molar-refractivity contribution in [3.63, 3.8) is 0 Å². The van der Waals surface area contributed by atoms with Crippen molar-refractivity contribution in [2.75, 3.05) is 13.2 Å². The Kier molecular flexibility index (Phi) is 6.36. The third-order valence-corrected chi connectivity index (χ3v) is 5.29. The second-order valence-corrected chi connectivity index (χ2v) is 8.07. The van der Waals surface area contributed by atoms with Crippen molar-refractivity contribution in [2.45, 2.75) is 38.8 Å². The van der Waals surface area contributed by atoms with E-state index >= 15 is 0 Å². The molecule has 0 aliphatic heterocycles. The molecule has 31 heavy (non-hydrogen) atoms. The van der Waals surface area contributed by atoms with Crippen LogP contribution in [0.25, 0.3) is 11.2 Å². The fourth-order valence-electron chi connectivity index (χ4n) is 3.61. The van der Waals surface area contributed by atoms with Gasteiger partial charge < -0.3 is 19.5 Å². The van der Waals surface area contributed by atoms with Crippen molar-refractivity contribution >= 4 is 17.1 Å². The number of hydrogen-bond acceptors (Lipinski definition) is 6. The Hall–Kier alpha value is -3.13. The van der Waals surface area contributed by atoms with Crippen LogP contribution in [-0.2, 0) is 16.6 Å². The number of imidazole rings is 1. The van der Waals surface area contributed by atoms with Gasteiger partial charge in [-0.3, -0.25) is 9.36 Å². The molecule has 164 valence electrons. The number of rotatable bonds is 9. The van der Waals surface area contributed by atoms with Gasteiger partial charge in [-0.25, -0.2) is 0 Å². The minimum atomic E-state index is -0.0346. The van der Waals surface area contributed by atoms with Crippen molar-refractivity contribution < 1.29 is 19.0 Å². The van der Waals surface area contributed by atoms with Crippen LogP contribution in [0.3, 0.4) is 0 Å². The van der Waals surface area contributed by atoms with Crippen LogP contribution in [-0.4, -0.2) is 45.8 Å². The zero-order valence-electron chi connectivity index (χ0n) is 18.1. The van der Waals surface area contributed by atoms with Gasteiger partial charge in [-0.15, -0.1) is 0 Å². The van der Waals surface area contributed by atoms with Crippen LogP contribution in [0.4, 0.5) is 0 Å². The molecule has 8 nitrogen and oxygen atoms in total. The maximum atomic E-state index is 11.0. The summed E-state index contributed by atoms with van der Waals surface area (Å²) in [5.74, 6) is 1.71. The highest BCUT2D eigenvalue weighted by Crippen LogP contribution is 2.31. The summed E-state index contributed by atoms with van der Waals surface area (Å²) in [6.45, 7) is 4.59. The second-order valence-electron chi connectivity index (χ2n) is 8.07. The van der Waals surface area contributed by atoms with Gasteiger partial charge in [0.25, 0.3) is 0 Å². The van der Waals surface area contributed by atoms with Gasteiger partial charge in [-0.1, -0.05) is 18.2 Å². The van der Waals surface area contributed by atoms with E-state index in [9.17, 15) is 4.79 Å². The van der Waals surface area contributed by atoms with Gasteiger partial charge in [0.15, 0.2) is 5.65 Å². The van der Waals surface area contributed by atoms with Crippen LogP contribution in [0.15, 0.2) is 42.5 Å². The molecule has 1 fully saturated rings. The molecule has 1 aromatic carbocycles. The number of aromatic nitrogens is 3. The molecule has 0 bridgehead atoms. The van der Waals surface area contributed by atoms with E-state index in [0.717, 1.165) is 24.1 Å². The Morgan fingerprint density at radius 2 is 1.97 bits per heavy atom.